The first-order valence-corrected chi connectivity index (χ1v) is 7.00. The van der Waals surface area contributed by atoms with Gasteiger partial charge < -0.3 is 5.32 Å². The summed E-state index contributed by atoms with van der Waals surface area (Å²) in [5, 5.41) is 6.53. The highest BCUT2D eigenvalue weighted by atomic mass is 19.3. The lowest BCUT2D eigenvalue weighted by molar-refractivity contribution is 0.0932. The average molecular weight is 308 g/mol. The van der Waals surface area contributed by atoms with E-state index in [1.54, 1.807) is 24.5 Å². The Labute approximate surface area is 127 Å². The Bertz CT molecular complexity index is 626. The van der Waals surface area contributed by atoms with E-state index in [-0.39, 0.29) is 23.7 Å². The van der Waals surface area contributed by atoms with Crippen LogP contribution in [0.15, 0.2) is 30.7 Å². The molecule has 0 fully saturated rings. The Balaban J connectivity index is 2.13. The molecule has 2 aromatic heterocycles. The minimum atomic E-state index is -2.75. The zero-order valence-corrected chi connectivity index (χ0v) is 12.5. The SMILES string of the molecule is CC(C)Cn1ncc(C(=O)NCc2cccnc2)c1C(F)F. The maximum atomic E-state index is 13.2. The Hall–Kier alpha value is -2.31. The lowest BCUT2D eigenvalue weighted by atomic mass is 10.2. The van der Waals surface area contributed by atoms with E-state index in [9.17, 15) is 13.6 Å². The number of hydrogen-bond donors (Lipinski definition) is 1. The first-order valence-electron chi connectivity index (χ1n) is 7.00. The van der Waals surface area contributed by atoms with Crippen molar-refractivity contribution in [3.05, 3.63) is 47.5 Å². The molecule has 22 heavy (non-hydrogen) atoms. The van der Waals surface area contributed by atoms with Gasteiger partial charge in [-0.25, -0.2) is 8.78 Å². The third-order valence-electron chi connectivity index (χ3n) is 3.05. The largest absolute Gasteiger partial charge is 0.348 e. The van der Waals surface area contributed by atoms with Crippen LogP contribution in [0.4, 0.5) is 8.78 Å². The van der Waals surface area contributed by atoms with E-state index in [0.717, 1.165) is 5.56 Å². The number of carbonyl (C=O) groups is 1. The summed E-state index contributed by atoms with van der Waals surface area (Å²) in [6, 6.07) is 3.54. The summed E-state index contributed by atoms with van der Waals surface area (Å²) in [6.45, 7) is 4.37. The standard InChI is InChI=1S/C15H18F2N4O/c1-10(2)9-21-13(14(16)17)12(8-20-21)15(22)19-7-11-4-3-5-18-6-11/h3-6,8,10,14H,7,9H2,1-2H3,(H,19,22). The first kappa shape index (κ1) is 16.1. The third kappa shape index (κ3) is 3.87. The van der Waals surface area contributed by atoms with Crippen molar-refractivity contribution in [2.75, 3.05) is 0 Å². The van der Waals surface area contributed by atoms with E-state index in [0.29, 0.717) is 6.54 Å². The number of pyridine rings is 1. The summed E-state index contributed by atoms with van der Waals surface area (Å²) in [4.78, 5) is 16.1. The van der Waals surface area contributed by atoms with Crippen molar-refractivity contribution in [3.8, 4) is 0 Å². The first-order chi connectivity index (χ1) is 10.5. The molecule has 0 spiro atoms. The smallest absolute Gasteiger partial charge is 0.280 e. The molecule has 1 N–H and O–H groups in total. The van der Waals surface area contributed by atoms with Crippen LogP contribution in [0.5, 0.6) is 0 Å². The summed E-state index contributed by atoms with van der Waals surface area (Å²) in [5.74, 6) is -0.405. The molecule has 1 amide bonds. The van der Waals surface area contributed by atoms with Gasteiger partial charge in [0, 0.05) is 25.5 Å². The number of amides is 1. The van der Waals surface area contributed by atoms with Crippen molar-refractivity contribution < 1.29 is 13.6 Å². The number of nitrogens with one attached hydrogen (secondary N) is 1. The fourth-order valence-electron chi connectivity index (χ4n) is 2.07. The summed E-state index contributed by atoms with van der Waals surface area (Å²) in [6.07, 6.45) is 1.68. The highest BCUT2D eigenvalue weighted by Gasteiger charge is 2.24. The lowest BCUT2D eigenvalue weighted by Gasteiger charge is -2.11. The van der Waals surface area contributed by atoms with E-state index < -0.39 is 12.3 Å². The molecule has 0 aromatic carbocycles. The molecule has 0 saturated carbocycles. The van der Waals surface area contributed by atoms with Crippen LogP contribution < -0.4 is 5.32 Å². The molecule has 2 rings (SSSR count). The van der Waals surface area contributed by atoms with Crippen molar-refractivity contribution in [2.45, 2.75) is 33.4 Å². The van der Waals surface area contributed by atoms with Crippen LogP contribution in [-0.2, 0) is 13.1 Å². The summed E-state index contributed by atoms with van der Waals surface area (Å²) in [5.41, 5.74) is 0.376. The monoisotopic (exact) mass is 308 g/mol. The molecule has 0 unspecified atom stereocenters. The molecule has 2 aromatic rings. The minimum absolute atomic E-state index is 0.0838. The highest BCUT2D eigenvalue weighted by molar-refractivity contribution is 5.95. The number of nitrogens with zero attached hydrogens (tertiary/aromatic N) is 3. The summed E-state index contributed by atoms with van der Waals surface area (Å²) in [7, 11) is 0. The number of rotatable bonds is 6. The number of hydrogen-bond acceptors (Lipinski definition) is 3. The molecule has 0 bridgehead atoms. The van der Waals surface area contributed by atoms with Gasteiger partial charge in [-0.05, 0) is 17.5 Å². The molecule has 0 aliphatic rings. The Morgan fingerprint density at radius 1 is 1.36 bits per heavy atom. The van der Waals surface area contributed by atoms with Gasteiger partial charge in [0.2, 0.25) is 0 Å². The number of alkyl halides is 2. The van der Waals surface area contributed by atoms with Crippen LogP contribution in [0, 0.1) is 5.92 Å². The zero-order chi connectivity index (χ0) is 16.1. The van der Waals surface area contributed by atoms with Crippen molar-refractivity contribution >= 4 is 5.91 Å². The highest BCUT2D eigenvalue weighted by Crippen LogP contribution is 2.23. The third-order valence-corrected chi connectivity index (χ3v) is 3.05. The van der Waals surface area contributed by atoms with Gasteiger partial charge in [-0.1, -0.05) is 19.9 Å². The van der Waals surface area contributed by atoms with Crippen LogP contribution in [0.2, 0.25) is 0 Å². The minimum Gasteiger partial charge on any atom is -0.348 e. The second-order valence-corrected chi connectivity index (χ2v) is 5.36. The second kappa shape index (κ2) is 7.11. The number of carbonyl (C=O) groups excluding carboxylic acids is 1. The maximum Gasteiger partial charge on any atom is 0.280 e. The molecule has 0 saturated heterocycles. The van der Waals surface area contributed by atoms with Gasteiger partial charge >= 0.3 is 0 Å². The summed E-state index contributed by atoms with van der Waals surface area (Å²) < 4.78 is 27.7. The molecule has 0 aliphatic carbocycles. The Morgan fingerprint density at radius 2 is 2.14 bits per heavy atom. The van der Waals surface area contributed by atoms with Crippen LogP contribution in [-0.4, -0.2) is 20.7 Å². The lowest BCUT2D eigenvalue weighted by Crippen LogP contribution is -2.24. The van der Waals surface area contributed by atoms with Crippen molar-refractivity contribution in [2.24, 2.45) is 5.92 Å². The van der Waals surface area contributed by atoms with Crippen LogP contribution >= 0.6 is 0 Å². The van der Waals surface area contributed by atoms with E-state index >= 15 is 0 Å². The fraction of sp³-hybridized carbons (Fsp3) is 0.400. The molecular formula is C15H18F2N4O. The van der Waals surface area contributed by atoms with Gasteiger partial charge in [-0.15, -0.1) is 0 Å². The van der Waals surface area contributed by atoms with E-state index in [1.165, 1.54) is 10.9 Å². The Kier molecular flexibility index (Phi) is 5.19. The van der Waals surface area contributed by atoms with Gasteiger partial charge in [0.05, 0.1) is 11.8 Å². The van der Waals surface area contributed by atoms with Crippen LogP contribution in [0.25, 0.3) is 0 Å². The van der Waals surface area contributed by atoms with Crippen LogP contribution in [0.3, 0.4) is 0 Å². The molecule has 7 heteroatoms. The molecule has 2 heterocycles. The predicted octanol–water partition coefficient (Wildman–Crippen LogP) is 2.80. The van der Waals surface area contributed by atoms with Gasteiger partial charge in [-0.3, -0.25) is 14.5 Å². The topological polar surface area (TPSA) is 59.8 Å². The fourth-order valence-corrected chi connectivity index (χ4v) is 2.07. The van der Waals surface area contributed by atoms with Gasteiger partial charge in [0.15, 0.2) is 0 Å². The Morgan fingerprint density at radius 3 is 2.73 bits per heavy atom. The van der Waals surface area contributed by atoms with Crippen LogP contribution in [0.1, 0.15) is 41.9 Å². The number of aromatic nitrogens is 3. The molecular weight excluding hydrogens is 290 g/mol. The average Bonchev–Trinajstić information content (AvgIpc) is 2.89. The quantitative estimate of drug-likeness (QED) is 0.892. The molecule has 0 atom stereocenters. The summed E-state index contributed by atoms with van der Waals surface area (Å²) >= 11 is 0. The van der Waals surface area contributed by atoms with Crippen molar-refractivity contribution in [1.29, 1.82) is 0 Å². The molecule has 0 aliphatic heterocycles. The van der Waals surface area contributed by atoms with E-state index in [2.05, 4.69) is 15.4 Å². The maximum absolute atomic E-state index is 13.2. The van der Waals surface area contributed by atoms with Gasteiger partial charge in [0.25, 0.3) is 12.3 Å². The molecule has 0 radical (unpaired) electrons. The van der Waals surface area contributed by atoms with E-state index in [1.807, 2.05) is 13.8 Å². The molecule has 5 nitrogen and oxygen atoms in total. The van der Waals surface area contributed by atoms with E-state index in [4.69, 9.17) is 0 Å². The van der Waals surface area contributed by atoms with Crippen molar-refractivity contribution in [1.82, 2.24) is 20.1 Å². The van der Waals surface area contributed by atoms with Crippen molar-refractivity contribution in [3.63, 3.8) is 0 Å². The van der Waals surface area contributed by atoms with Gasteiger partial charge in [0.1, 0.15) is 5.69 Å². The zero-order valence-electron chi connectivity index (χ0n) is 12.5. The van der Waals surface area contributed by atoms with Gasteiger partial charge in [-0.2, -0.15) is 5.10 Å². The molecule has 118 valence electrons. The normalized spacial score (nSPS) is 11.2. The second-order valence-electron chi connectivity index (χ2n) is 5.36. The number of halogens is 2. The predicted molar refractivity (Wildman–Crippen MR) is 77.4 cm³/mol.